The molecule has 1 aromatic carbocycles. The molecule has 5 heteroatoms. The van der Waals surface area contributed by atoms with Crippen LogP contribution in [-0.2, 0) is 6.54 Å². The van der Waals surface area contributed by atoms with Crippen LogP contribution in [0, 0.1) is 0 Å². The van der Waals surface area contributed by atoms with Crippen molar-refractivity contribution in [3.8, 4) is 11.5 Å². The molecule has 24 heavy (non-hydrogen) atoms. The third-order valence-corrected chi connectivity index (χ3v) is 4.62. The van der Waals surface area contributed by atoms with Gasteiger partial charge in [-0.1, -0.05) is 25.1 Å². The van der Waals surface area contributed by atoms with E-state index >= 15 is 0 Å². The van der Waals surface area contributed by atoms with E-state index in [0.29, 0.717) is 11.9 Å². The molecule has 0 bridgehead atoms. The second-order valence-electron chi connectivity index (χ2n) is 6.65. The second-order valence-corrected chi connectivity index (χ2v) is 6.65. The molecule has 2 atom stereocenters. The average Bonchev–Trinajstić information content (AvgIpc) is 3.05. The third kappa shape index (κ3) is 4.23. The van der Waals surface area contributed by atoms with Crippen LogP contribution in [-0.4, -0.2) is 58.2 Å². The van der Waals surface area contributed by atoms with Crippen LogP contribution < -0.4 is 0 Å². The molecule has 2 heterocycles. The van der Waals surface area contributed by atoms with Gasteiger partial charge in [0.1, 0.15) is 6.26 Å². The number of β-amino-alcohol motifs (C(OH)–C–C–N with tert-alkyl or cyclic N) is 1. The molecule has 0 aliphatic carbocycles. The molecular weight excluding hydrogens is 302 g/mol. The molecule has 1 N–H and O–H groups in total. The predicted molar refractivity (Wildman–Crippen MR) is 94.5 cm³/mol. The summed E-state index contributed by atoms with van der Waals surface area (Å²) in [6.07, 6.45) is 2.59. The molecular formula is C19H27N3O2. The number of oxazole rings is 1. The summed E-state index contributed by atoms with van der Waals surface area (Å²) in [7, 11) is 0. The van der Waals surface area contributed by atoms with Crippen molar-refractivity contribution in [2.45, 2.75) is 39.0 Å². The zero-order valence-corrected chi connectivity index (χ0v) is 14.6. The third-order valence-electron chi connectivity index (χ3n) is 4.62. The Bertz CT molecular complexity index is 627. The summed E-state index contributed by atoms with van der Waals surface area (Å²) in [6.45, 7) is 8.65. The van der Waals surface area contributed by atoms with Crippen molar-refractivity contribution < 1.29 is 9.52 Å². The summed E-state index contributed by atoms with van der Waals surface area (Å²) in [5.74, 6) is 0.686. The molecule has 130 valence electrons. The lowest BCUT2D eigenvalue weighted by molar-refractivity contribution is 0.0333. The van der Waals surface area contributed by atoms with Crippen LogP contribution >= 0.6 is 0 Å². The highest BCUT2D eigenvalue weighted by Crippen LogP contribution is 2.20. The van der Waals surface area contributed by atoms with Crippen molar-refractivity contribution in [2.24, 2.45) is 0 Å². The molecule has 1 aromatic heterocycles. The van der Waals surface area contributed by atoms with Gasteiger partial charge in [0.05, 0.1) is 11.8 Å². The summed E-state index contributed by atoms with van der Waals surface area (Å²) in [5, 5.41) is 9.65. The zero-order chi connectivity index (χ0) is 16.9. The molecule has 1 saturated heterocycles. The highest BCUT2D eigenvalue weighted by molar-refractivity contribution is 5.52. The Morgan fingerprint density at radius 2 is 2.08 bits per heavy atom. The van der Waals surface area contributed by atoms with Gasteiger partial charge < -0.3 is 9.52 Å². The van der Waals surface area contributed by atoms with Crippen LogP contribution in [0.3, 0.4) is 0 Å². The van der Waals surface area contributed by atoms with E-state index in [1.54, 1.807) is 6.26 Å². The minimum atomic E-state index is -0.269. The molecule has 1 aliphatic rings. The van der Waals surface area contributed by atoms with Gasteiger partial charge in [-0.05, 0) is 25.5 Å². The molecule has 3 rings (SSSR count). The number of aliphatic hydroxyl groups is 1. The van der Waals surface area contributed by atoms with Crippen molar-refractivity contribution in [3.63, 3.8) is 0 Å². The summed E-state index contributed by atoms with van der Waals surface area (Å²) < 4.78 is 5.64. The fraction of sp³-hybridized carbons (Fsp3) is 0.526. The maximum absolute atomic E-state index is 9.65. The lowest BCUT2D eigenvalue weighted by atomic mass is 10.1. The smallest absolute Gasteiger partial charge is 0.226 e. The number of piperazine rings is 1. The number of hydrogen-bond acceptors (Lipinski definition) is 5. The van der Waals surface area contributed by atoms with E-state index in [0.717, 1.165) is 50.4 Å². The van der Waals surface area contributed by atoms with Gasteiger partial charge >= 0.3 is 0 Å². The molecule has 5 nitrogen and oxygen atoms in total. The van der Waals surface area contributed by atoms with Gasteiger partial charge in [0, 0.05) is 44.3 Å². The lowest BCUT2D eigenvalue weighted by Crippen LogP contribution is -2.54. The van der Waals surface area contributed by atoms with E-state index < -0.39 is 0 Å². The van der Waals surface area contributed by atoms with Crippen LogP contribution in [0.5, 0.6) is 0 Å². The van der Waals surface area contributed by atoms with Gasteiger partial charge in [0.2, 0.25) is 5.89 Å². The Labute approximate surface area is 143 Å². The molecule has 0 radical (unpaired) electrons. The van der Waals surface area contributed by atoms with Crippen LogP contribution in [0.4, 0.5) is 0 Å². The van der Waals surface area contributed by atoms with Gasteiger partial charge in [-0.15, -0.1) is 0 Å². The van der Waals surface area contributed by atoms with E-state index in [4.69, 9.17) is 4.42 Å². The number of aliphatic hydroxyl groups excluding tert-OH is 1. The average molecular weight is 329 g/mol. The minimum Gasteiger partial charge on any atom is -0.444 e. The van der Waals surface area contributed by atoms with Crippen molar-refractivity contribution in [1.82, 2.24) is 14.8 Å². The standard InChI is InChI=1S/C19H27N3O2/c1-3-18-13-21(9-10-22(18)11-15(2)23)12-17-14-24-19(20-17)16-7-5-4-6-8-16/h4-8,14-15,18,23H,3,9-13H2,1-2H3/t15-,18+/m0/s1. The summed E-state index contributed by atoms with van der Waals surface area (Å²) in [6, 6.07) is 10.5. The fourth-order valence-corrected chi connectivity index (χ4v) is 3.39. The van der Waals surface area contributed by atoms with Crippen molar-refractivity contribution >= 4 is 0 Å². The Balaban J connectivity index is 1.60. The van der Waals surface area contributed by atoms with Crippen molar-refractivity contribution in [3.05, 3.63) is 42.3 Å². The first-order valence-electron chi connectivity index (χ1n) is 8.80. The monoisotopic (exact) mass is 329 g/mol. The first-order valence-corrected chi connectivity index (χ1v) is 8.80. The number of benzene rings is 1. The molecule has 0 spiro atoms. The highest BCUT2D eigenvalue weighted by atomic mass is 16.3. The molecule has 0 unspecified atom stereocenters. The first kappa shape index (κ1) is 17.1. The van der Waals surface area contributed by atoms with Gasteiger partial charge in [-0.2, -0.15) is 0 Å². The van der Waals surface area contributed by atoms with Crippen LogP contribution in [0.25, 0.3) is 11.5 Å². The second kappa shape index (κ2) is 7.92. The summed E-state index contributed by atoms with van der Waals surface area (Å²) in [4.78, 5) is 9.46. The van der Waals surface area contributed by atoms with E-state index in [1.807, 2.05) is 37.3 Å². The van der Waals surface area contributed by atoms with Crippen molar-refractivity contribution in [2.75, 3.05) is 26.2 Å². The number of aromatic nitrogens is 1. The molecule has 1 aliphatic heterocycles. The van der Waals surface area contributed by atoms with Gasteiger partial charge in [-0.3, -0.25) is 9.80 Å². The van der Waals surface area contributed by atoms with E-state index in [-0.39, 0.29) is 6.10 Å². The topological polar surface area (TPSA) is 52.7 Å². The lowest BCUT2D eigenvalue weighted by Gasteiger charge is -2.41. The molecule has 0 saturated carbocycles. The number of rotatable bonds is 6. The van der Waals surface area contributed by atoms with Crippen LogP contribution in [0.2, 0.25) is 0 Å². The van der Waals surface area contributed by atoms with Crippen molar-refractivity contribution in [1.29, 1.82) is 0 Å². The van der Waals surface area contributed by atoms with Gasteiger partial charge in [0.25, 0.3) is 0 Å². The minimum absolute atomic E-state index is 0.269. The first-order chi connectivity index (χ1) is 11.7. The van der Waals surface area contributed by atoms with Crippen LogP contribution in [0.15, 0.2) is 41.0 Å². The SMILES string of the molecule is CC[C@@H]1CN(Cc2coc(-c3ccccc3)n2)CCN1C[C@H](C)O. The highest BCUT2D eigenvalue weighted by Gasteiger charge is 2.26. The Hall–Kier alpha value is -1.69. The zero-order valence-electron chi connectivity index (χ0n) is 14.6. The normalized spacial score (nSPS) is 21.0. The maximum atomic E-state index is 9.65. The maximum Gasteiger partial charge on any atom is 0.226 e. The Morgan fingerprint density at radius 1 is 1.29 bits per heavy atom. The Kier molecular flexibility index (Phi) is 5.66. The number of hydrogen-bond donors (Lipinski definition) is 1. The Morgan fingerprint density at radius 3 is 2.79 bits per heavy atom. The fourth-order valence-electron chi connectivity index (χ4n) is 3.39. The summed E-state index contributed by atoms with van der Waals surface area (Å²) >= 11 is 0. The molecule has 0 amide bonds. The summed E-state index contributed by atoms with van der Waals surface area (Å²) in [5.41, 5.74) is 1.99. The van der Waals surface area contributed by atoms with Gasteiger partial charge in [0.15, 0.2) is 0 Å². The number of nitrogens with zero attached hydrogens (tertiary/aromatic N) is 3. The largest absolute Gasteiger partial charge is 0.444 e. The van der Waals surface area contributed by atoms with E-state index in [1.165, 1.54) is 0 Å². The predicted octanol–water partition coefficient (Wildman–Crippen LogP) is 2.62. The van der Waals surface area contributed by atoms with E-state index in [9.17, 15) is 5.11 Å². The van der Waals surface area contributed by atoms with Gasteiger partial charge in [-0.25, -0.2) is 4.98 Å². The molecule has 2 aromatic rings. The molecule has 1 fully saturated rings. The van der Waals surface area contributed by atoms with E-state index in [2.05, 4.69) is 21.7 Å². The van der Waals surface area contributed by atoms with Crippen LogP contribution in [0.1, 0.15) is 26.0 Å². The quantitative estimate of drug-likeness (QED) is 0.883.